The zero-order valence-corrected chi connectivity index (χ0v) is 11.0. The highest BCUT2D eigenvalue weighted by atomic mass is 79.9. The van der Waals surface area contributed by atoms with Crippen molar-refractivity contribution in [2.75, 3.05) is 5.32 Å². The van der Waals surface area contributed by atoms with Gasteiger partial charge in [0.2, 0.25) is 0 Å². The van der Waals surface area contributed by atoms with E-state index >= 15 is 0 Å². The van der Waals surface area contributed by atoms with Gasteiger partial charge in [0.15, 0.2) is 0 Å². The number of carbonyl (C=O) groups is 1. The van der Waals surface area contributed by atoms with Crippen LogP contribution in [-0.2, 0) is 4.79 Å². The van der Waals surface area contributed by atoms with E-state index in [-0.39, 0.29) is 5.69 Å². The van der Waals surface area contributed by atoms with E-state index in [4.69, 9.17) is 5.11 Å². The predicted molar refractivity (Wildman–Crippen MR) is 66.6 cm³/mol. The number of pyridine rings is 1. The van der Waals surface area contributed by atoms with E-state index < -0.39 is 16.4 Å². The maximum atomic E-state index is 11.0. The SMILES string of the molecule is Cc1c([N+](=O)[O-])cnc(NC2(C(=O)O)CC2)c1Br. The lowest BCUT2D eigenvalue weighted by molar-refractivity contribution is -0.385. The van der Waals surface area contributed by atoms with Crippen molar-refractivity contribution in [1.29, 1.82) is 0 Å². The summed E-state index contributed by atoms with van der Waals surface area (Å²) in [6.45, 7) is 1.58. The summed E-state index contributed by atoms with van der Waals surface area (Å²) in [5.74, 6) is -0.620. The van der Waals surface area contributed by atoms with Crippen LogP contribution < -0.4 is 5.32 Å². The molecular weight excluding hydrogens is 306 g/mol. The first-order chi connectivity index (χ1) is 8.37. The molecule has 2 N–H and O–H groups in total. The Bertz CT molecular complexity index is 542. The Morgan fingerprint density at radius 2 is 2.28 bits per heavy atom. The fourth-order valence-electron chi connectivity index (χ4n) is 1.58. The van der Waals surface area contributed by atoms with E-state index in [1.807, 2.05) is 0 Å². The Kier molecular flexibility index (Phi) is 2.97. The van der Waals surface area contributed by atoms with Gasteiger partial charge in [-0.25, -0.2) is 9.78 Å². The molecule has 1 aromatic heterocycles. The number of aliphatic carboxylic acids is 1. The van der Waals surface area contributed by atoms with Crippen molar-refractivity contribution in [3.63, 3.8) is 0 Å². The molecule has 0 aliphatic heterocycles. The van der Waals surface area contributed by atoms with Crippen LogP contribution in [0, 0.1) is 17.0 Å². The molecule has 0 unspecified atom stereocenters. The van der Waals surface area contributed by atoms with Gasteiger partial charge in [-0.1, -0.05) is 0 Å². The Balaban J connectivity index is 2.34. The number of carboxylic acid groups (broad SMARTS) is 1. The summed E-state index contributed by atoms with van der Waals surface area (Å²) in [6, 6.07) is 0. The molecule has 0 amide bonds. The molecule has 96 valence electrons. The Morgan fingerprint density at radius 1 is 1.67 bits per heavy atom. The number of nitro groups is 1. The van der Waals surface area contributed by atoms with E-state index in [2.05, 4.69) is 26.2 Å². The van der Waals surface area contributed by atoms with E-state index in [1.165, 1.54) is 0 Å². The lowest BCUT2D eigenvalue weighted by Gasteiger charge is -2.15. The number of anilines is 1. The van der Waals surface area contributed by atoms with Crippen LogP contribution >= 0.6 is 15.9 Å². The normalized spacial score (nSPS) is 16.1. The molecule has 1 fully saturated rings. The number of nitrogens with one attached hydrogen (secondary N) is 1. The van der Waals surface area contributed by atoms with Crippen molar-refractivity contribution >= 4 is 33.4 Å². The van der Waals surface area contributed by atoms with E-state index in [1.54, 1.807) is 6.92 Å². The third-order valence-electron chi connectivity index (χ3n) is 2.95. The second-order valence-corrected chi connectivity index (χ2v) is 4.99. The number of nitrogens with zero attached hydrogens (tertiary/aromatic N) is 2. The molecule has 1 aromatic rings. The summed E-state index contributed by atoms with van der Waals surface area (Å²) >= 11 is 3.21. The summed E-state index contributed by atoms with van der Waals surface area (Å²) in [4.78, 5) is 25.1. The fourth-order valence-corrected chi connectivity index (χ4v) is 1.99. The largest absolute Gasteiger partial charge is 0.480 e. The van der Waals surface area contributed by atoms with Crippen molar-refractivity contribution < 1.29 is 14.8 Å². The van der Waals surface area contributed by atoms with Gasteiger partial charge in [-0.05, 0) is 35.7 Å². The van der Waals surface area contributed by atoms with Crippen molar-refractivity contribution in [3.05, 3.63) is 26.3 Å². The number of aromatic nitrogens is 1. The first-order valence-electron chi connectivity index (χ1n) is 5.18. The highest BCUT2D eigenvalue weighted by molar-refractivity contribution is 9.10. The lowest BCUT2D eigenvalue weighted by atomic mass is 10.2. The summed E-state index contributed by atoms with van der Waals surface area (Å²) in [5.41, 5.74) is -0.663. The first kappa shape index (κ1) is 12.7. The second kappa shape index (κ2) is 4.20. The molecular formula is C10H10BrN3O4. The zero-order valence-electron chi connectivity index (χ0n) is 9.44. The van der Waals surface area contributed by atoms with E-state index in [0.29, 0.717) is 28.7 Å². The number of hydrogen-bond donors (Lipinski definition) is 2. The minimum Gasteiger partial charge on any atom is -0.480 e. The molecule has 1 saturated carbocycles. The molecule has 0 saturated heterocycles. The quantitative estimate of drug-likeness (QED) is 0.651. The van der Waals surface area contributed by atoms with Gasteiger partial charge in [-0.2, -0.15) is 0 Å². The van der Waals surface area contributed by atoms with Crippen LogP contribution in [0.3, 0.4) is 0 Å². The van der Waals surface area contributed by atoms with Crippen molar-refractivity contribution in [1.82, 2.24) is 4.98 Å². The lowest BCUT2D eigenvalue weighted by Crippen LogP contribution is -2.32. The molecule has 1 aliphatic rings. The molecule has 2 rings (SSSR count). The second-order valence-electron chi connectivity index (χ2n) is 4.20. The average Bonchev–Trinajstić information content (AvgIpc) is 3.05. The van der Waals surface area contributed by atoms with E-state index in [0.717, 1.165) is 6.20 Å². The van der Waals surface area contributed by atoms with Crippen LogP contribution in [0.2, 0.25) is 0 Å². The van der Waals surface area contributed by atoms with Crippen LogP contribution in [0.5, 0.6) is 0 Å². The fraction of sp³-hybridized carbons (Fsp3) is 0.400. The number of rotatable bonds is 4. The van der Waals surface area contributed by atoms with Gasteiger partial charge in [-0.3, -0.25) is 10.1 Å². The minimum absolute atomic E-state index is 0.104. The van der Waals surface area contributed by atoms with Gasteiger partial charge in [0.05, 0.1) is 9.40 Å². The Labute approximate surface area is 110 Å². The topological polar surface area (TPSA) is 105 Å². The van der Waals surface area contributed by atoms with Crippen LogP contribution in [0.4, 0.5) is 11.5 Å². The molecule has 0 atom stereocenters. The molecule has 18 heavy (non-hydrogen) atoms. The Morgan fingerprint density at radius 3 is 2.72 bits per heavy atom. The molecule has 0 radical (unpaired) electrons. The molecule has 0 aromatic carbocycles. The maximum absolute atomic E-state index is 11.0. The highest BCUT2D eigenvalue weighted by Crippen LogP contribution is 2.41. The first-order valence-corrected chi connectivity index (χ1v) is 5.98. The molecule has 8 heteroatoms. The summed E-state index contributed by atoms with van der Waals surface area (Å²) in [6.07, 6.45) is 2.17. The average molecular weight is 316 g/mol. The standard InChI is InChI=1S/C10H10BrN3O4/c1-5-6(14(17)18)4-12-8(7(5)11)13-10(2-3-10)9(15)16/h4H,2-3H2,1H3,(H,12,13)(H,15,16). The smallest absolute Gasteiger partial charge is 0.329 e. The van der Waals surface area contributed by atoms with Crippen molar-refractivity contribution in [3.8, 4) is 0 Å². The molecule has 0 spiro atoms. The molecule has 1 aliphatic carbocycles. The van der Waals surface area contributed by atoms with Crippen LogP contribution in [-0.4, -0.2) is 26.5 Å². The van der Waals surface area contributed by atoms with Crippen LogP contribution in [0.15, 0.2) is 10.7 Å². The van der Waals surface area contributed by atoms with Gasteiger partial charge in [0, 0.05) is 5.56 Å². The van der Waals surface area contributed by atoms with E-state index in [9.17, 15) is 14.9 Å². The predicted octanol–water partition coefficient (Wildman–Crippen LogP) is 2.09. The van der Waals surface area contributed by atoms with Crippen molar-refractivity contribution in [2.24, 2.45) is 0 Å². The zero-order chi connectivity index (χ0) is 13.5. The third kappa shape index (κ3) is 2.03. The molecule has 1 heterocycles. The third-order valence-corrected chi connectivity index (χ3v) is 3.92. The monoisotopic (exact) mass is 315 g/mol. The van der Waals surface area contributed by atoms with Crippen LogP contribution in [0.1, 0.15) is 18.4 Å². The number of halogens is 1. The summed E-state index contributed by atoms with van der Waals surface area (Å²) in [5, 5.41) is 22.6. The van der Waals surface area contributed by atoms with Gasteiger partial charge < -0.3 is 10.4 Å². The number of carboxylic acids is 1. The molecule has 0 bridgehead atoms. The van der Waals surface area contributed by atoms with Crippen molar-refractivity contribution in [2.45, 2.75) is 25.3 Å². The maximum Gasteiger partial charge on any atom is 0.329 e. The van der Waals surface area contributed by atoms with Gasteiger partial charge in [-0.15, -0.1) is 0 Å². The number of hydrogen-bond acceptors (Lipinski definition) is 5. The van der Waals surface area contributed by atoms with Crippen LogP contribution in [0.25, 0.3) is 0 Å². The summed E-state index contributed by atoms with van der Waals surface area (Å²) in [7, 11) is 0. The molecule has 7 nitrogen and oxygen atoms in total. The highest BCUT2D eigenvalue weighted by Gasteiger charge is 2.51. The van der Waals surface area contributed by atoms with Gasteiger partial charge in [0.1, 0.15) is 17.6 Å². The summed E-state index contributed by atoms with van der Waals surface area (Å²) < 4.78 is 0.421. The van der Waals surface area contributed by atoms with Gasteiger partial charge >= 0.3 is 5.97 Å². The minimum atomic E-state index is -0.974. The Hall–Kier alpha value is -1.70. The van der Waals surface area contributed by atoms with Gasteiger partial charge in [0.25, 0.3) is 5.69 Å².